The fraction of sp³-hybridized carbons (Fsp3) is 0.900. The first kappa shape index (κ1) is 12.4. The number of rotatable bonds is 6. The number of esters is 1. The summed E-state index contributed by atoms with van der Waals surface area (Å²) < 4.78 is 4.56. The van der Waals surface area contributed by atoms with E-state index in [1.54, 1.807) is 0 Å². The maximum absolute atomic E-state index is 10.8. The molecule has 3 heteroatoms. The van der Waals surface area contributed by atoms with E-state index in [2.05, 4.69) is 23.5 Å². The molecule has 0 radical (unpaired) electrons. The van der Waals surface area contributed by atoms with Crippen molar-refractivity contribution >= 4 is 5.97 Å². The Balaban J connectivity index is 3.40. The van der Waals surface area contributed by atoms with Crippen molar-refractivity contribution in [3.63, 3.8) is 0 Å². The maximum atomic E-state index is 10.8. The summed E-state index contributed by atoms with van der Waals surface area (Å²) in [4.78, 5) is 13.0. The number of carbonyl (C=O) groups excluding carboxylic acids is 1. The molecule has 0 heterocycles. The fourth-order valence-electron chi connectivity index (χ4n) is 0.975. The molecule has 0 aliphatic heterocycles. The van der Waals surface area contributed by atoms with Gasteiger partial charge in [-0.2, -0.15) is 0 Å². The molecule has 0 unspecified atom stereocenters. The molecule has 0 aliphatic rings. The van der Waals surface area contributed by atoms with Crippen LogP contribution in [0.1, 0.15) is 26.7 Å². The van der Waals surface area contributed by atoms with Gasteiger partial charge in [0.15, 0.2) is 0 Å². The first-order chi connectivity index (χ1) is 6.06. The zero-order valence-corrected chi connectivity index (χ0v) is 9.17. The van der Waals surface area contributed by atoms with Crippen LogP contribution < -0.4 is 0 Å². The third-order valence-electron chi connectivity index (χ3n) is 2.01. The normalized spacial score (nSPS) is 10.9. The first-order valence-electron chi connectivity index (χ1n) is 4.81. The molecular formula is C10H21NO2. The Hall–Kier alpha value is -0.570. The van der Waals surface area contributed by atoms with Crippen LogP contribution >= 0.6 is 0 Å². The SMILES string of the molecule is COC(=O)CCN(C)CCC(C)C. The third-order valence-corrected chi connectivity index (χ3v) is 2.01. The predicted molar refractivity (Wildman–Crippen MR) is 53.6 cm³/mol. The number of hydrogen-bond donors (Lipinski definition) is 0. The minimum absolute atomic E-state index is 0.128. The van der Waals surface area contributed by atoms with Gasteiger partial charge in [-0.15, -0.1) is 0 Å². The number of methoxy groups -OCH3 is 1. The summed E-state index contributed by atoms with van der Waals surface area (Å²) in [6.45, 7) is 6.25. The quantitative estimate of drug-likeness (QED) is 0.591. The van der Waals surface area contributed by atoms with Crippen molar-refractivity contribution in [2.75, 3.05) is 27.2 Å². The van der Waals surface area contributed by atoms with Gasteiger partial charge in [0.05, 0.1) is 13.5 Å². The van der Waals surface area contributed by atoms with Crippen molar-refractivity contribution in [1.82, 2.24) is 4.90 Å². The van der Waals surface area contributed by atoms with Crippen LogP contribution in [0, 0.1) is 5.92 Å². The van der Waals surface area contributed by atoms with E-state index in [1.807, 2.05) is 7.05 Å². The molecule has 13 heavy (non-hydrogen) atoms. The van der Waals surface area contributed by atoms with Crippen molar-refractivity contribution in [3.8, 4) is 0 Å². The minimum Gasteiger partial charge on any atom is -0.469 e. The van der Waals surface area contributed by atoms with Crippen LogP contribution in [0.15, 0.2) is 0 Å². The summed E-state index contributed by atoms with van der Waals surface area (Å²) >= 11 is 0. The van der Waals surface area contributed by atoms with Crippen LogP contribution in [-0.2, 0) is 9.53 Å². The Bertz CT molecular complexity index is 146. The van der Waals surface area contributed by atoms with E-state index in [0.29, 0.717) is 6.42 Å². The van der Waals surface area contributed by atoms with Gasteiger partial charge in [0.25, 0.3) is 0 Å². The average Bonchev–Trinajstić information content (AvgIpc) is 2.10. The Labute approximate surface area is 81.1 Å². The number of ether oxygens (including phenoxy) is 1. The molecule has 0 aromatic carbocycles. The lowest BCUT2D eigenvalue weighted by atomic mass is 10.1. The van der Waals surface area contributed by atoms with Crippen LogP contribution in [0.3, 0.4) is 0 Å². The molecule has 0 atom stereocenters. The summed E-state index contributed by atoms with van der Waals surface area (Å²) in [5.74, 6) is 0.594. The fourth-order valence-corrected chi connectivity index (χ4v) is 0.975. The van der Waals surface area contributed by atoms with E-state index in [4.69, 9.17) is 0 Å². The topological polar surface area (TPSA) is 29.5 Å². The smallest absolute Gasteiger partial charge is 0.306 e. The highest BCUT2D eigenvalue weighted by molar-refractivity contribution is 5.69. The van der Waals surface area contributed by atoms with Gasteiger partial charge in [-0.25, -0.2) is 0 Å². The van der Waals surface area contributed by atoms with Gasteiger partial charge in [-0.3, -0.25) is 4.79 Å². The van der Waals surface area contributed by atoms with Gasteiger partial charge in [-0.1, -0.05) is 13.8 Å². The van der Waals surface area contributed by atoms with E-state index in [9.17, 15) is 4.79 Å². The van der Waals surface area contributed by atoms with E-state index >= 15 is 0 Å². The van der Waals surface area contributed by atoms with Crippen molar-refractivity contribution < 1.29 is 9.53 Å². The maximum Gasteiger partial charge on any atom is 0.306 e. The summed E-state index contributed by atoms with van der Waals surface area (Å²) in [6.07, 6.45) is 1.67. The summed E-state index contributed by atoms with van der Waals surface area (Å²) in [6, 6.07) is 0. The number of nitrogens with zero attached hydrogens (tertiary/aromatic N) is 1. The van der Waals surface area contributed by atoms with Gasteiger partial charge < -0.3 is 9.64 Å². The highest BCUT2D eigenvalue weighted by Crippen LogP contribution is 2.01. The van der Waals surface area contributed by atoms with Crippen molar-refractivity contribution in [3.05, 3.63) is 0 Å². The van der Waals surface area contributed by atoms with E-state index in [-0.39, 0.29) is 5.97 Å². The van der Waals surface area contributed by atoms with Crippen LogP contribution in [0.2, 0.25) is 0 Å². The zero-order valence-electron chi connectivity index (χ0n) is 9.17. The lowest BCUT2D eigenvalue weighted by molar-refractivity contribution is -0.140. The van der Waals surface area contributed by atoms with Crippen LogP contribution in [0.4, 0.5) is 0 Å². The van der Waals surface area contributed by atoms with Crippen molar-refractivity contribution in [2.45, 2.75) is 26.7 Å². The molecule has 0 aliphatic carbocycles. The molecule has 0 rings (SSSR count). The standard InChI is InChI=1S/C10H21NO2/c1-9(2)5-7-11(3)8-6-10(12)13-4/h9H,5-8H2,1-4H3. The molecule has 0 fully saturated rings. The minimum atomic E-state index is -0.128. The molecule has 0 aromatic rings. The molecule has 0 saturated carbocycles. The Morgan fingerprint density at radius 1 is 1.38 bits per heavy atom. The third kappa shape index (κ3) is 7.78. The van der Waals surface area contributed by atoms with Crippen LogP contribution in [0.25, 0.3) is 0 Å². The van der Waals surface area contributed by atoms with E-state index in [0.717, 1.165) is 19.0 Å². The first-order valence-corrected chi connectivity index (χ1v) is 4.81. The number of carbonyl (C=O) groups is 1. The largest absolute Gasteiger partial charge is 0.469 e. The number of hydrogen-bond acceptors (Lipinski definition) is 3. The second-order valence-electron chi connectivity index (χ2n) is 3.81. The Kier molecular flexibility index (Phi) is 6.59. The average molecular weight is 187 g/mol. The monoisotopic (exact) mass is 187 g/mol. The van der Waals surface area contributed by atoms with Gasteiger partial charge >= 0.3 is 5.97 Å². The van der Waals surface area contributed by atoms with Crippen LogP contribution in [0.5, 0.6) is 0 Å². The van der Waals surface area contributed by atoms with Gasteiger partial charge in [-0.05, 0) is 25.9 Å². The highest BCUT2D eigenvalue weighted by atomic mass is 16.5. The van der Waals surface area contributed by atoms with Gasteiger partial charge in [0, 0.05) is 6.54 Å². The predicted octanol–water partition coefficient (Wildman–Crippen LogP) is 1.53. The zero-order chi connectivity index (χ0) is 10.3. The second kappa shape index (κ2) is 6.89. The lowest BCUT2D eigenvalue weighted by Crippen LogP contribution is -2.24. The summed E-state index contributed by atoms with van der Waals surface area (Å²) in [5, 5.41) is 0. The van der Waals surface area contributed by atoms with E-state index in [1.165, 1.54) is 13.5 Å². The lowest BCUT2D eigenvalue weighted by Gasteiger charge is -2.16. The molecule has 0 aromatic heterocycles. The van der Waals surface area contributed by atoms with E-state index < -0.39 is 0 Å². The molecule has 0 bridgehead atoms. The van der Waals surface area contributed by atoms with Crippen LogP contribution in [-0.4, -0.2) is 38.1 Å². The highest BCUT2D eigenvalue weighted by Gasteiger charge is 2.04. The van der Waals surface area contributed by atoms with Gasteiger partial charge in [0.2, 0.25) is 0 Å². The molecule has 0 N–H and O–H groups in total. The Morgan fingerprint density at radius 3 is 2.46 bits per heavy atom. The van der Waals surface area contributed by atoms with Crippen molar-refractivity contribution in [2.24, 2.45) is 5.92 Å². The molecule has 0 spiro atoms. The molecule has 0 saturated heterocycles. The van der Waals surface area contributed by atoms with Gasteiger partial charge in [0.1, 0.15) is 0 Å². The van der Waals surface area contributed by atoms with Crippen molar-refractivity contribution in [1.29, 1.82) is 0 Å². The summed E-state index contributed by atoms with van der Waals surface area (Å²) in [7, 11) is 3.46. The molecular weight excluding hydrogens is 166 g/mol. The Morgan fingerprint density at radius 2 is 2.00 bits per heavy atom. The summed E-state index contributed by atoms with van der Waals surface area (Å²) in [5.41, 5.74) is 0. The molecule has 3 nitrogen and oxygen atoms in total. The molecule has 78 valence electrons. The molecule has 0 amide bonds. The second-order valence-corrected chi connectivity index (χ2v) is 3.81.